The lowest BCUT2D eigenvalue weighted by atomic mass is 10.1. The van der Waals surface area contributed by atoms with Gasteiger partial charge in [0.1, 0.15) is 5.75 Å². The van der Waals surface area contributed by atoms with E-state index in [1.807, 2.05) is 24.3 Å². The Hall–Kier alpha value is -3.92. The van der Waals surface area contributed by atoms with E-state index in [2.05, 4.69) is 10.0 Å². The number of para-hydroxylation sites is 1. The summed E-state index contributed by atoms with van der Waals surface area (Å²) in [4.78, 5) is 22.3. The van der Waals surface area contributed by atoms with Crippen molar-refractivity contribution in [3.63, 3.8) is 0 Å². The number of benzene rings is 3. The molecule has 0 atom stereocenters. The molecule has 166 valence electrons. The number of hydrogen-bond donors (Lipinski definition) is 2. The average Bonchev–Trinajstić information content (AvgIpc) is 2.79. The van der Waals surface area contributed by atoms with Crippen molar-refractivity contribution in [1.82, 2.24) is 5.32 Å². The molecule has 1 amide bonds. The van der Waals surface area contributed by atoms with E-state index in [0.29, 0.717) is 18.5 Å². The molecular formula is C22H21N3O6S. The Morgan fingerprint density at radius 1 is 1.03 bits per heavy atom. The van der Waals surface area contributed by atoms with Crippen molar-refractivity contribution in [2.75, 3.05) is 18.4 Å². The molecule has 0 aliphatic rings. The van der Waals surface area contributed by atoms with E-state index in [4.69, 9.17) is 4.74 Å². The number of nitrogens with one attached hydrogen (secondary N) is 2. The first-order chi connectivity index (χ1) is 15.3. The van der Waals surface area contributed by atoms with Crippen LogP contribution in [0.1, 0.15) is 15.9 Å². The van der Waals surface area contributed by atoms with Gasteiger partial charge in [-0.2, -0.15) is 0 Å². The molecule has 3 aromatic carbocycles. The molecule has 0 unspecified atom stereocenters. The third-order valence-corrected chi connectivity index (χ3v) is 5.99. The number of sulfonamides is 1. The second-order valence-electron chi connectivity index (χ2n) is 6.76. The van der Waals surface area contributed by atoms with Crippen LogP contribution in [-0.4, -0.2) is 32.9 Å². The third-order valence-electron chi connectivity index (χ3n) is 4.61. The van der Waals surface area contributed by atoms with Crippen LogP contribution in [0.4, 0.5) is 11.4 Å². The summed E-state index contributed by atoms with van der Waals surface area (Å²) in [5.74, 6) is 0.454. The van der Waals surface area contributed by atoms with Crippen LogP contribution in [0.5, 0.6) is 5.75 Å². The zero-order valence-corrected chi connectivity index (χ0v) is 18.0. The number of nitro groups is 1. The Balaban J connectivity index is 1.61. The van der Waals surface area contributed by atoms with Gasteiger partial charge in [0.05, 0.1) is 16.9 Å². The summed E-state index contributed by atoms with van der Waals surface area (Å²) >= 11 is 0. The molecule has 0 bridgehead atoms. The number of hydrogen-bond acceptors (Lipinski definition) is 6. The second kappa shape index (κ2) is 9.92. The zero-order valence-electron chi connectivity index (χ0n) is 17.1. The molecular weight excluding hydrogens is 434 g/mol. The first-order valence-corrected chi connectivity index (χ1v) is 11.1. The highest BCUT2D eigenvalue weighted by Crippen LogP contribution is 2.21. The molecule has 0 aliphatic carbocycles. The van der Waals surface area contributed by atoms with Gasteiger partial charge in [-0.05, 0) is 48.4 Å². The van der Waals surface area contributed by atoms with Crippen molar-refractivity contribution < 1.29 is 22.9 Å². The Morgan fingerprint density at radius 3 is 2.44 bits per heavy atom. The molecule has 3 rings (SSSR count). The smallest absolute Gasteiger partial charge is 0.270 e. The SMILES string of the molecule is COc1ccccc1CCNC(=O)c1ccc(NS(=O)(=O)c2cccc([N+](=O)[O-])c2)cc1. The van der Waals surface area contributed by atoms with Crippen molar-refractivity contribution in [3.05, 3.63) is 94.0 Å². The number of methoxy groups -OCH3 is 1. The predicted octanol–water partition coefficient (Wildman–Crippen LogP) is 3.38. The summed E-state index contributed by atoms with van der Waals surface area (Å²) in [6, 6.07) is 18.2. The lowest BCUT2D eigenvalue weighted by molar-refractivity contribution is -0.385. The minimum absolute atomic E-state index is 0.224. The molecule has 32 heavy (non-hydrogen) atoms. The maximum Gasteiger partial charge on any atom is 0.270 e. The Morgan fingerprint density at radius 2 is 1.75 bits per heavy atom. The van der Waals surface area contributed by atoms with Crippen LogP contribution in [0.15, 0.2) is 77.7 Å². The second-order valence-corrected chi connectivity index (χ2v) is 8.44. The normalized spacial score (nSPS) is 10.9. The standard InChI is InChI=1S/C22H21N3O6S/c1-31-21-8-3-2-5-16(21)13-14-23-22(26)17-9-11-18(12-10-17)24-32(29,30)20-7-4-6-19(15-20)25(27)28/h2-12,15,24H,13-14H2,1H3,(H,23,26). The number of non-ortho nitro benzene ring substituents is 1. The summed E-state index contributed by atoms with van der Waals surface area (Å²) in [6.07, 6.45) is 0.594. The fourth-order valence-corrected chi connectivity index (χ4v) is 4.09. The number of carbonyl (C=O) groups excluding carboxylic acids is 1. The Bertz CT molecular complexity index is 1230. The molecule has 0 fully saturated rings. The first-order valence-electron chi connectivity index (χ1n) is 9.57. The highest BCUT2D eigenvalue weighted by atomic mass is 32.2. The van der Waals surface area contributed by atoms with Gasteiger partial charge in [0.2, 0.25) is 0 Å². The van der Waals surface area contributed by atoms with E-state index in [1.165, 1.54) is 42.5 Å². The van der Waals surface area contributed by atoms with Crippen LogP contribution in [-0.2, 0) is 16.4 Å². The van der Waals surface area contributed by atoms with Gasteiger partial charge in [0.15, 0.2) is 0 Å². The van der Waals surface area contributed by atoms with E-state index in [9.17, 15) is 23.3 Å². The van der Waals surface area contributed by atoms with Gasteiger partial charge < -0.3 is 10.1 Å². The van der Waals surface area contributed by atoms with Gasteiger partial charge in [-0.15, -0.1) is 0 Å². The lowest BCUT2D eigenvalue weighted by Crippen LogP contribution is -2.25. The number of ether oxygens (including phenoxy) is 1. The minimum Gasteiger partial charge on any atom is -0.496 e. The molecule has 3 aromatic rings. The van der Waals surface area contributed by atoms with Crippen LogP contribution >= 0.6 is 0 Å². The molecule has 2 N–H and O–H groups in total. The largest absolute Gasteiger partial charge is 0.496 e. The van der Waals surface area contributed by atoms with E-state index < -0.39 is 14.9 Å². The van der Waals surface area contributed by atoms with Crippen molar-refractivity contribution in [1.29, 1.82) is 0 Å². The monoisotopic (exact) mass is 455 g/mol. The van der Waals surface area contributed by atoms with Gasteiger partial charge in [-0.3, -0.25) is 19.6 Å². The maximum atomic E-state index is 12.5. The van der Waals surface area contributed by atoms with Crippen molar-refractivity contribution in [2.45, 2.75) is 11.3 Å². The van der Waals surface area contributed by atoms with Crippen LogP contribution in [0, 0.1) is 10.1 Å². The maximum absolute atomic E-state index is 12.5. The van der Waals surface area contributed by atoms with Crippen LogP contribution < -0.4 is 14.8 Å². The Kier molecular flexibility index (Phi) is 7.06. The quantitative estimate of drug-likeness (QED) is 0.376. The van der Waals surface area contributed by atoms with Crippen molar-refractivity contribution >= 4 is 27.3 Å². The zero-order chi connectivity index (χ0) is 23.1. The minimum atomic E-state index is -4.02. The summed E-state index contributed by atoms with van der Waals surface area (Å²) in [7, 11) is -2.43. The summed E-state index contributed by atoms with van der Waals surface area (Å²) in [6.45, 7) is 0.403. The van der Waals surface area contributed by atoms with E-state index in [-0.39, 0.29) is 22.2 Å². The van der Waals surface area contributed by atoms with Crippen LogP contribution in [0.2, 0.25) is 0 Å². The molecule has 0 aliphatic heterocycles. The fraction of sp³-hybridized carbons (Fsp3) is 0.136. The fourth-order valence-electron chi connectivity index (χ4n) is 2.99. The number of anilines is 1. The highest BCUT2D eigenvalue weighted by molar-refractivity contribution is 7.92. The molecule has 0 heterocycles. The molecule has 0 saturated heterocycles. The molecule has 0 aromatic heterocycles. The van der Waals surface area contributed by atoms with Crippen LogP contribution in [0.25, 0.3) is 0 Å². The number of amides is 1. The third kappa shape index (κ3) is 5.61. The summed E-state index contributed by atoms with van der Waals surface area (Å²) < 4.78 is 32.6. The van der Waals surface area contributed by atoms with E-state index in [1.54, 1.807) is 7.11 Å². The van der Waals surface area contributed by atoms with Crippen molar-refractivity contribution in [3.8, 4) is 5.75 Å². The van der Waals surface area contributed by atoms with Gasteiger partial charge >= 0.3 is 0 Å². The topological polar surface area (TPSA) is 128 Å². The van der Waals surface area contributed by atoms with Gasteiger partial charge in [0.25, 0.3) is 21.6 Å². The van der Waals surface area contributed by atoms with Gasteiger partial charge in [-0.25, -0.2) is 8.42 Å². The van der Waals surface area contributed by atoms with Gasteiger partial charge in [0, 0.05) is 29.9 Å². The molecule has 10 heteroatoms. The predicted molar refractivity (Wildman–Crippen MR) is 119 cm³/mol. The molecule has 0 saturated carbocycles. The highest BCUT2D eigenvalue weighted by Gasteiger charge is 2.18. The number of nitro benzene ring substituents is 1. The van der Waals surface area contributed by atoms with E-state index >= 15 is 0 Å². The number of rotatable bonds is 9. The van der Waals surface area contributed by atoms with Gasteiger partial charge in [-0.1, -0.05) is 24.3 Å². The number of carbonyl (C=O) groups is 1. The molecule has 0 radical (unpaired) electrons. The molecule has 9 nitrogen and oxygen atoms in total. The summed E-state index contributed by atoms with van der Waals surface area (Å²) in [5, 5.41) is 13.7. The average molecular weight is 455 g/mol. The first kappa shape index (κ1) is 22.8. The lowest BCUT2D eigenvalue weighted by Gasteiger charge is -2.10. The van der Waals surface area contributed by atoms with Crippen LogP contribution in [0.3, 0.4) is 0 Å². The summed E-state index contributed by atoms with van der Waals surface area (Å²) in [5.41, 5.74) is 1.24. The number of nitrogens with zero attached hydrogens (tertiary/aromatic N) is 1. The van der Waals surface area contributed by atoms with Crippen molar-refractivity contribution in [2.24, 2.45) is 0 Å². The molecule has 0 spiro atoms. The Labute approximate surface area is 185 Å². The van der Waals surface area contributed by atoms with E-state index in [0.717, 1.165) is 17.4 Å².